The van der Waals surface area contributed by atoms with E-state index in [0.29, 0.717) is 11.4 Å². The monoisotopic (exact) mass is 207 g/mol. The maximum atomic E-state index is 10.9. The van der Waals surface area contributed by atoms with Gasteiger partial charge in [0.05, 0.1) is 5.56 Å². The summed E-state index contributed by atoms with van der Waals surface area (Å²) in [7, 11) is 0. The van der Waals surface area contributed by atoms with Crippen LogP contribution in [0.15, 0.2) is 22.9 Å². The molecule has 0 bridgehead atoms. The third-order valence-electron chi connectivity index (χ3n) is 1.95. The normalized spacial score (nSPS) is 10.3. The Balaban J connectivity index is 2.48. The minimum Gasteiger partial charge on any atom is -0.385 e. The molecule has 1 amide bonds. The Bertz CT molecular complexity index is 458. The van der Waals surface area contributed by atoms with Crippen LogP contribution in [-0.2, 0) is 0 Å². The molecule has 0 saturated heterocycles. The lowest BCUT2D eigenvalue weighted by atomic mass is 10.2. The van der Waals surface area contributed by atoms with Crippen molar-refractivity contribution in [1.29, 1.82) is 0 Å². The lowest BCUT2D eigenvalue weighted by molar-refractivity contribution is 0.100. The maximum Gasteiger partial charge on any atom is 0.252 e. The van der Waals surface area contributed by atoms with E-state index in [-0.39, 0.29) is 0 Å². The van der Waals surface area contributed by atoms with Gasteiger partial charge in [0.1, 0.15) is 5.82 Å². The summed E-state index contributed by atoms with van der Waals surface area (Å²) >= 11 is 1.58. The summed E-state index contributed by atoms with van der Waals surface area (Å²) in [4.78, 5) is 13.8. The lowest BCUT2D eigenvalue weighted by Gasteiger charge is -1.89. The predicted octanol–water partition coefficient (Wildman–Crippen LogP) is 1.42. The first-order valence-electron chi connectivity index (χ1n) is 3.99. The smallest absolute Gasteiger partial charge is 0.252 e. The van der Waals surface area contributed by atoms with Gasteiger partial charge in [-0.1, -0.05) is 0 Å². The quantitative estimate of drug-likeness (QED) is 0.695. The van der Waals surface area contributed by atoms with Crippen molar-refractivity contribution in [3.8, 4) is 11.3 Å². The number of carbonyl (C=O) groups excluding carboxylic acids is 1. The van der Waals surface area contributed by atoms with E-state index in [1.807, 2.05) is 16.8 Å². The second kappa shape index (κ2) is 3.19. The van der Waals surface area contributed by atoms with Crippen molar-refractivity contribution >= 4 is 23.1 Å². The van der Waals surface area contributed by atoms with Gasteiger partial charge in [0, 0.05) is 16.6 Å². The number of anilines is 1. The van der Waals surface area contributed by atoms with Gasteiger partial charge >= 0.3 is 0 Å². The van der Waals surface area contributed by atoms with Crippen LogP contribution in [0.2, 0.25) is 0 Å². The average molecular weight is 207 g/mol. The molecule has 2 aromatic rings. The van der Waals surface area contributed by atoms with Crippen molar-refractivity contribution in [3.05, 3.63) is 28.5 Å². The number of nitrogens with two attached hydrogens (primary N) is 2. The maximum absolute atomic E-state index is 10.9. The van der Waals surface area contributed by atoms with E-state index in [0.717, 1.165) is 11.3 Å². The summed E-state index contributed by atoms with van der Waals surface area (Å²) in [5.41, 5.74) is 12.9. The largest absolute Gasteiger partial charge is 0.385 e. The second-order valence-corrected chi connectivity index (χ2v) is 3.67. The molecular weight excluding hydrogens is 198 g/mol. The van der Waals surface area contributed by atoms with Crippen molar-refractivity contribution in [2.75, 3.05) is 5.73 Å². The minimum absolute atomic E-state index is 0.318. The van der Waals surface area contributed by atoms with Gasteiger partial charge in [0.2, 0.25) is 0 Å². The van der Waals surface area contributed by atoms with Crippen molar-refractivity contribution in [1.82, 2.24) is 4.98 Å². The number of carbonyl (C=O) groups is 1. The molecule has 0 aliphatic carbocycles. The summed E-state index contributed by atoms with van der Waals surface area (Å²) in [6.45, 7) is 0. The van der Waals surface area contributed by atoms with E-state index >= 15 is 0 Å². The van der Waals surface area contributed by atoms with Crippen molar-refractivity contribution < 1.29 is 4.79 Å². The highest BCUT2D eigenvalue weighted by atomic mass is 32.1. The Morgan fingerprint density at radius 2 is 2.29 bits per heavy atom. The molecule has 0 unspecified atom stereocenters. The highest BCUT2D eigenvalue weighted by molar-refractivity contribution is 7.08. The van der Waals surface area contributed by atoms with Crippen LogP contribution in [0.3, 0.4) is 0 Å². The molecule has 5 heteroatoms. The van der Waals surface area contributed by atoms with Crippen molar-refractivity contribution in [2.45, 2.75) is 0 Å². The van der Waals surface area contributed by atoms with Gasteiger partial charge in [-0.05, 0) is 17.5 Å². The van der Waals surface area contributed by atoms with Gasteiger partial charge < -0.3 is 16.5 Å². The van der Waals surface area contributed by atoms with Gasteiger partial charge in [-0.3, -0.25) is 4.79 Å². The Morgan fingerprint density at radius 3 is 2.79 bits per heavy atom. The zero-order valence-electron chi connectivity index (χ0n) is 7.28. The van der Waals surface area contributed by atoms with Crippen LogP contribution in [0.4, 0.5) is 5.82 Å². The Morgan fingerprint density at radius 1 is 1.50 bits per heavy atom. The molecule has 0 aliphatic rings. The highest BCUT2D eigenvalue weighted by Crippen LogP contribution is 2.24. The number of nitrogens with one attached hydrogen (secondary N) is 1. The molecular formula is C9H9N3OS. The van der Waals surface area contributed by atoms with Gasteiger partial charge in [0.15, 0.2) is 0 Å². The molecule has 5 N–H and O–H groups in total. The van der Waals surface area contributed by atoms with Crippen LogP contribution < -0.4 is 11.5 Å². The van der Waals surface area contributed by atoms with Gasteiger partial charge in [-0.15, -0.1) is 0 Å². The molecule has 2 rings (SSSR count). The van der Waals surface area contributed by atoms with Crippen LogP contribution in [0.5, 0.6) is 0 Å². The first-order chi connectivity index (χ1) is 6.68. The van der Waals surface area contributed by atoms with Gasteiger partial charge in [0.25, 0.3) is 5.91 Å². The molecule has 14 heavy (non-hydrogen) atoms. The number of hydrogen-bond donors (Lipinski definition) is 3. The molecule has 0 radical (unpaired) electrons. The molecule has 0 aromatic carbocycles. The van der Waals surface area contributed by atoms with E-state index in [1.54, 1.807) is 17.4 Å². The fourth-order valence-corrected chi connectivity index (χ4v) is 1.90. The van der Waals surface area contributed by atoms with E-state index < -0.39 is 5.91 Å². The molecule has 0 saturated carbocycles. The van der Waals surface area contributed by atoms with Gasteiger partial charge in [-0.2, -0.15) is 11.3 Å². The van der Waals surface area contributed by atoms with Crippen LogP contribution in [0.25, 0.3) is 11.3 Å². The lowest BCUT2D eigenvalue weighted by Crippen LogP contribution is -2.11. The summed E-state index contributed by atoms with van der Waals surface area (Å²) in [6, 6.07) is 3.61. The number of thiophene rings is 1. The van der Waals surface area contributed by atoms with E-state index in [2.05, 4.69) is 4.98 Å². The Labute approximate surface area is 84.5 Å². The molecule has 2 aromatic heterocycles. The molecule has 0 fully saturated rings. The first-order valence-corrected chi connectivity index (χ1v) is 4.93. The summed E-state index contributed by atoms with van der Waals surface area (Å²) in [6.07, 6.45) is 0. The molecule has 0 aliphatic heterocycles. The third kappa shape index (κ3) is 1.38. The minimum atomic E-state index is -0.514. The molecule has 0 atom stereocenters. The number of hydrogen-bond acceptors (Lipinski definition) is 3. The fraction of sp³-hybridized carbons (Fsp3) is 0. The topological polar surface area (TPSA) is 84.9 Å². The van der Waals surface area contributed by atoms with Crippen LogP contribution in [-0.4, -0.2) is 10.9 Å². The number of primary amides is 1. The van der Waals surface area contributed by atoms with Crippen molar-refractivity contribution in [3.63, 3.8) is 0 Å². The number of aromatic amines is 1. The molecule has 4 nitrogen and oxygen atoms in total. The fourth-order valence-electron chi connectivity index (χ4n) is 1.25. The summed E-state index contributed by atoms with van der Waals surface area (Å²) < 4.78 is 0. The van der Waals surface area contributed by atoms with E-state index in [1.165, 1.54) is 0 Å². The Hall–Kier alpha value is -1.75. The Kier molecular flexibility index (Phi) is 2.01. The number of rotatable bonds is 2. The molecule has 2 heterocycles. The number of aromatic nitrogens is 1. The van der Waals surface area contributed by atoms with E-state index in [9.17, 15) is 4.79 Å². The highest BCUT2D eigenvalue weighted by Gasteiger charge is 2.11. The zero-order chi connectivity index (χ0) is 10.1. The van der Waals surface area contributed by atoms with Crippen LogP contribution in [0.1, 0.15) is 10.4 Å². The second-order valence-electron chi connectivity index (χ2n) is 2.89. The van der Waals surface area contributed by atoms with E-state index in [4.69, 9.17) is 11.5 Å². The molecule has 0 spiro atoms. The third-order valence-corrected chi connectivity index (χ3v) is 2.63. The molecule has 72 valence electrons. The van der Waals surface area contributed by atoms with Crippen LogP contribution >= 0.6 is 11.3 Å². The number of amides is 1. The standard InChI is InChI=1S/C9H9N3OS/c10-8-6(9(11)13)3-7(12-8)5-1-2-14-4-5/h1-4,12H,10H2,(H2,11,13). The number of H-pyrrole nitrogens is 1. The first kappa shape index (κ1) is 8.83. The zero-order valence-corrected chi connectivity index (χ0v) is 8.10. The predicted molar refractivity (Wildman–Crippen MR) is 57.0 cm³/mol. The summed E-state index contributed by atoms with van der Waals surface area (Å²) in [5, 5.41) is 3.92. The van der Waals surface area contributed by atoms with Crippen molar-refractivity contribution in [2.24, 2.45) is 5.73 Å². The van der Waals surface area contributed by atoms with Gasteiger partial charge in [-0.25, -0.2) is 0 Å². The SMILES string of the molecule is NC(=O)c1cc(-c2ccsc2)[nH]c1N. The number of nitrogen functional groups attached to an aromatic ring is 1. The average Bonchev–Trinajstić information content (AvgIpc) is 2.70. The van der Waals surface area contributed by atoms with Crippen LogP contribution in [0, 0.1) is 0 Å². The summed E-state index contributed by atoms with van der Waals surface area (Å²) in [5.74, 6) is -0.195.